The van der Waals surface area contributed by atoms with E-state index in [2.05, 4.69) is 20.9 Å². The molecule has 1 N–H and O–H groups in total. The van der Waals surface area contributed by atoms with Crippen molar-refractivity contribution in [2.75, 3.05) is 0 Å². The average molecular weight is 338 g/mol. The molecule has 1 unspecified atom stereocenters. The molecular weight excluding hydrogens is 325 g/mol. The van der Waals surface area contributed by atoms with Gasteiger partial charge in [0.2, 0.25) is 0 Å². The summed E-state index contributed by atoms with van der Waals surface area (Å²) in [5.41, 5.74) is 2.02. The molecule has 20 heavy (non-hydrogen) atoms. The lowest BCUT2D eigenvalue weighted by atomic mass is 9.95. The Balaban J connectivity index is 2.34. The first-order valence-electron chi connectivity index (χ1n) is 6.06. The number of carboxylic acid groups (broad SMARTS) is 1. The van der Waals surface area contributed by atoms with Gasteiger partial charge < -0.3 is 5.11 Å². The van der Waals surface area contributed by atoms with E-state index < -0.39 is 11.9 Å². The largest absolute Gasteiger partial charge is 0.481 e. The van der Waals surface area contributed by atoms with Crippen LogP contribution in [-0.4, -0.2) is 16.1 Å². The Morgan fingerprint density at radius 2 is 2.20 bits per heavy atom. The number of aliphatic carboxylic acids is 1. The summed E-state index contributed by atoms with van der Waals surface area (Å²) in [6.07, 6.45) is 1.82. The minimum Gasteiger partial charge on any atom is -0.481 e. The molecule has 1 heterocycles. The normalized spacial score (nSPS) is 12.2. The van der Waals surface area contributed by atoms with Crippen LogP contribution in [0, 0.1) is 12.7 Å². The predicted octanol–water partition coefficient (Wildman–Crippen LogP) is 3.70. The van der Waals surface area contributed by atoms with Gasteiger partial charge in [-0.2, -0.15) is 0 Å². The Morgan fingerprint density at radius 1 is 1.45 bits per heavy atom. The lowest BCUT2D eigenvalue weighted by molar-refractivity contribution is -0.138. The van der Waals surface area contributed by atoms with Crippen molar-refractivity contribution < 1.29 is 14.3 Å². The van der Waals surface area contributed by atoms with Gasteiger partial charge in [-0.15, -0.1) is 0 Å². The third-order valence-electron chi connectivity index (χ3n) is 2.96. The van der Waals surface area contributed by atoms with E-state index in [-0.39, 0.29) is 12.2 Å². The second-order valence-electron chi connectivity index (χ2n) is 4.60. The molecule has 1 aromatic heterocycles. The maximum absolute atomic E-state index is 13.2. The highest BCUT2D eigenvalue weighted by atomic mass is 79.9. The molecule has 0 radical (unpaired) electrons. The summed E-state index contributed by atoms with van der Waals surface area (Å²) in [6.45, 7) is 1.88. The second kappa shape index (κ2) is 6.13. The van der Waals surface area contributed by atoms with E-state index in [4.69, 9.17) is 0 Å². The molecule has 0 aliphatic carbocycles. The first-order chi connectivity index (χ1) is 9.47. The fourth-order valence-corrected chi connectivity index (χ4v) is 2.74. The highest BCUT2D eigenvalue weighted by Gasteiger charge is 2.24. The number of aryl methyl sites for hydroxylation is 1. The molecule has 0 aliphatic heterocycles. The third kappa shape index (κ3) is 3.42. The van der Waals surface area contributed by atoms with Gasteiger partial charge in [0.05, 0.1) is 5.69 Å². The average Bonchev–Trinajstić information content (AvgIpc) is 2.36. The number of rotatable bonds is 4. The van der Waals surface area contributed by atoms with E-state index in [1.807, 2.05) is 13.0 Å². The maximum Gasteiger partial charge on any atom is 0.312 e. The predicted molar refractivity (Wildman–Crippen MR) is 77.2 cm³/mol. The summed E-state index contributed by atoms with van der Waals surface area (Å²) >= 11 is 3.34. The zero-order chi connectivity index (χ0) is 14.7. The molecule has 0 fully saturated rings. The van der Waals surface area contributed by atoms with Gasteiger partial charge in [0.25, 0.3) is 0 Å². The smallest absolute Gasteiger partial charge is 0.312 e. The van der Waals surface area contributed by atoms with E-state index in [0.29, 0.717) is 15.7 Å². The van der Waals surface area contributed by atoms with Crippen molar-refractivity contribution in [1.82, 2.24) is 4.98 Å². The Morgan fingerprint density at radius 3 is 2.80 bits per heavy atom. The van der Waals surface area contributed by atoms with E-state index in [1.165, 1.54) is 12.1 Å². The van der Waals surface area contributed by atoms with Crippen LogP contribution in [0.2, 0.25) is 0 Å². The summed E-state index contributed by atoms with van der Waals surface area (Å²) in [7, 11) is 0. The van der Waals surface area contributed by atoms with Crippen LogP contribution in [0.3, 0.4) is 0 Å². The van der Waals surface area contributed by atoms with Crippen molar-refractivity contribution in [1.29, 1.82) is 0 Å². The van der Waals surface area contributed by atoms with Gasteiger partial charge >= 0.3 is 5.97 Å². The molecule has 0 aliphatic rings. The van der Waals surface area contributed by atoms with Crippen LogP contribution in [0.15, 0.2) is 41.0 Å². The quantitative estimate of drug-likeness (QED) is 0.925. The van der Waals surface area contributed by atoms with Crippen LogP contribution in [-0.2, 0) is 11.2 Å². The number of nitrogens with zero attached hydrogens (tertiary/aromatic N) is 1. The van der Waals surface area contributed by atoms with Gasteiger partial charge in [-0.05, 0) is 58.6 Å². The number of carboxylic acids is 1. The summed E-state index contributed by atoms with van der Waals surface area (Å²) in [4.78, 5) is 15.7. The zero-order valence-corrected chi connectivity index (χ0v) is 12.4. The van der Waals surface area contributed by atoms with Crippen molar-refractivity contribution in [3.8, 4) is 0 Å². The lowest BCUT2D eigenvalue weighted by Crippen LogP contribution is -2.16. The number of halogens is 2. The van der Waals surface area contributed by atoms with Gasteiger partial charge in [-0.1, -0.05) is 12.1 Å². The highest BCUT2D eigenvalue weighted by Crippen LogP contribution is 2.27. The molecule has 0 spiro atoms. The molecule has 3 nitrogen and oxygen atoms in total. The summed E-state index contributed by atoms with van der Waals surface area (Å²) < 4.78 is 13.8. The summed E-state index contributed by atoms with van der Waals surface area (Å²) in [5.74, 6) is -2.17. The van der Waals surface area contributed by atoms with E-state index >= 15 is 0 Å². The molecule has 0 saturated heterocycles. The van der Waals surface area contributed by atoms with E-state index in [1.54, 1.807) is 18.3 Å². The molecule has 0 bridgehead atoms. The lowest BCUT2D eigenvalue weighted by Gasteiger charge is -2.14. The molecule has 2 aromatic rings. The molecule has 0 saturated carbocycles. The van der Waals surface area contributed by atoms with Crippen molar-refractivity contribution in [3.05, 3.63) is 63.6 Å². The Kier molecular flexibility index (Phi) is 4.49. The van der Waals surface area contributed by atoms with Crippen LogP contribution < -0.4 is 0 Å². The van der Waals surface area contributed by atoms with Crippen molar-refractivity contribution in [3.63, 3.8) is 0 Å². The minimum absolute atomic E-state index is 0.196. The molecule has 104 valence electrons. The third-order valence-corrected chi connectivity index (χ3v) is 3.60. The van der Waals surface area contributed by atoms with Gasteiger partial charge in [-0.25, -0.2) is 4.39 Å². The van der Waals surface area contributed by atoms with Crippen LogP contribution >= 0.6 is 15.9 Å². The second-order valence-corrected chi connectivity index (χ2v) is 5.46. The number of hydrogen-bond acceptors (Lipinski definition) is 2. The number of hydrogen-bond donors (Lipinski definition) is 1. The fraction of sp³-hybridized carbons (Fsp3) is 0.200. The summed E-state index contributed by atoms with van der Waals surface area (Å²) in [6, 6.07) is 7.78. The van der Waals surface area contributed by atoms with E-state index in [0.717, 1.165) is 5.56 Å². The standard InChI is InChI=1S/C15H13BrFNO2/c1-9-5-13(16)14(18-8-9)12(15(19)20)7-10-3-2-4-11(17)6-10/h2-6,8,12H,7H2,1H3,(H,19,20). The Hall–Kier alpha value is -1.75. The number of pyridine rings is 1. The Labute approximate surface area is 124 Å². The van der Waals surface area contributed by atoms with Crippen molar-refractivity contribution >= 4 is 21.9 Å². The highest BCUT2D eigenvalue weighted by molar-refractivity contribution is 9.10. The van der Waals surface area contributed by atoms with Crippen LogP contribution in [0.1, 0.15) is 22.7 Å². The van der Waals surface area contributed by atoms with Crippen LogP contribution in [0.25, 0.3) is 0 Å². The summed E-state index contributed by atoms with van der Waals surface area (Å²) in [5, 5.41) is 9.40. The van der Waals surface area contributed by atoms with Gasteiger partial charge in [0.15, 0.2) is 0 Å². The SMILES string of the molecule is Cc1cnc(C(Cc2cccc(F)c2)C(=O)O)c(Br)c1. The first-order valence-corrected chi connectivity index (χ1v) is 6.86. The molecule has 0 amide bonds. The topological polar surface area (TPSA) is 50.2 Å². The first kappa shape index (κ1) is 14.7. The number of carbonyl (C=O) groups is 1. The fourth-order valence-electron chi connectivity index (χ4n) is 2.00. The molecule has 5 heteroatoms. The van der Waals surface area contributed by atoms with Crippen molar-refractivity contribution in [2.24, 2.45) is 0 Å². The van der Waals surface area contributed by atoms with Crippen LogP contribution in [0.5, 0.6) is 0 Å². The molecule has 2 rings (SSSR count). The minimum atomic E-state index is -0.980. The van der Waals surface area contributed by atoms with Crippen LogP contribution in [0.4, 0.5) is 4.39 Å². The monoisotopic (exact) mass is 337 g/mol. The van der Waals surface area contributed by atoms with Gasteiger partial charge in [-0.3, -0.25) is 9.78 Å². The van der Waals surface area contributed by atoms with Crippen molar-refractivity contribution in [2.45, 2.75) is 19.3 Å². The van der Waals surface area contributed by atoms with Gasteiger partial charge in [0, 0.05) is 10.7 Å². The molecule has 1 atom stereocenters. The Bertz CT molecular complexity index is 646. The number of aromatic nitrogens is 1. The molecular formula is C15H13BrFNO2. The zero-order valence-electron chi connectivity index (χ0n) is 10.8. The number of benzene rings is 1. The maximum atomic E-state index is 13.2. The van der Waals surface area contributed by atoms with Gasteiger partial charge in [0.1, 0.15) is 11.7 Å². The molecule has 1 aromatic carbocycles. The van der Waals surface area contributed by atoms with E-state index in [9.17, 15) is 14.3 Å².